The van der Waals surface area contributed by atoms with E-state index in [-0.39, 0.29) is 11.4 Å². The van der Waals surface area contributed by atoms with Crippen LogP contribution in [0.1, 0.15) is 16.6 Å². The third-order valence-corrected chi connectivity index (χ3v) is 5.20. The maximum absolute atomic E-state index is 8.99. The molecule has 128 valence electrons. The average Bonchev–Trinajstić information content (AvgIpc) is 3.26. The minimum atomic E-state index is 0.155. The first-order valence-electron chi connectivity index (χ1n) is 8.03. The van der Waals surface area contributed by atoms with Crippen LogP contribution in [0.15, 0.2) is 72.1 Å². The number of nitriles is 1. The van der Waals surface area contributed by atoms with Gasteiger partial charge in [-0.05, 0) is 24.3 Å². The SMILES string of the molecule is N#CN/C(=N\c1ccn2c1CSC2c1cccnc1)Oc1ccccc1. The highest BCUT2D eigenvalue weighted by molar-refractivity contribution is 7.99. The van der Waals surface area contributed by atoms with E-state index < -0.39 is 0 Å². The van der Waals surface area contributed by atoms with Gasteiger partial charge in [-0.15, -0.1) is 11.8 Å². The van der Waals surface area contributed by atoms with Crippen LogP contribution in [0, 0.1) is 11.5 Å². The number of amidine groups is 1. The highest BCUT2D eigenvalue weighted by atomic mass is 32.2. The van der Waals surface area contributed by atoms with E-state index in [2.05, 4.69) is 25.9 Å². The number of aromatic nitrogens is 2. The van der Waals surface area contributed by atoms with E-state index in [0.29, 0.717) is 5.75 Å². The molecule has 0 saturated carbocycles. The van der Waals surface area contributed by atoms with Crippen LogP contribution in [0.2, 0.25) is 0 Å². The number of nitrogens with zero attached hydrogens (tertiary/aromatic N) is 4. The standard InChI is InChI=1S/C19H15N5OS/c20-13-22-19(25-15-6-2-1-3-7-15)23-16-8-10-24-17(16)12-26-18(24)14-5-4-9-21-11-14/h1-11,18H,12H2,(H,22,23). The lowest BCUT2D eigenvalue weighted by Crippen LogP contribution is -2.24. The maximum Gasteiger partial charge on any atom is 0.309 e. The Labute approximate surface area is 155 Å². The monoisotopic (exact) mass is 361 g/mol. The average molecular weight is 361 g/mol. The van der Waals surface area contributed by atoms with Crippen molar-refractivity contribution in [2.24, 2.45) is 4.99 Å². The summed E-state index contributed by atoms with van der Waals surface area (Å²) in [6.07, 6.45) is 7.55. The molecule has 4 rings (SSSR count). The maximum atomic E-state index is 8.99. The quantitative estimate of drug-likeness (QED) is 0.332. The normalized spacial score (nSPS) is 16.0. The van der Waals surface area contributed by atoms with Crippen LogP contribution in [-0.4, -0.2) is 15.6 Å². The molecule has 1 aliphatic rings. The van der Waals surface area contributed by atoms with Crippen molar-refractivity contribution < 1.29 is 4.74 Å². The number of aliphatic imine (C=N–C) groups is 1. The molecule has 7 heteroatoms. The lowest BCUT2D eigenvalue weighted by Gasteiger charge is -2.11. The molecule has 0 amide bonds. The number of benzene rings is 1. The zero-order valence-electron chi connectivity index (χ0n) is 13.7. The van der Waals surface area contributed by atoms with Gasteiger partial charge in [0, 0.05) is 29.9 Å². The molecule has 0 bridgehead atoms. The van der Waals surface area contributed by atoms with Crippen LogP contribution in [0.3, 0.4) is 0 Å². The van der Waals surface area contributed by atoms with E-state index in [1.54, 1.807) is 6.20 Å². The Morgan fingerprint density at radius 1 is 1.27 bits per heavy atom. The van der Waals surface area contributed by atoms with Gasteiger partial charge in [0.25, 0.3) is 0 Å². The van der Waals surface area contributed by atoms with Crippen molar-refractivity contribution >= 4 is 23.5 Å². The lowest BCUT2D eigenvalue weighted by atomic mass is 10.3. The Kier molecular flexibility index (Phi) is 4.58. The molecule has 26 heavy (non-hydrogen) atoms. The van der Waals surface area contributed by atoms with Crippen LogP contribution in [0.25, 0.3) is 0 Å². The van der Waals surface area contributed by atoms with E-state index in [0.717, 1.165) is 22.7 Å². The van der Waals surface area contributed by atoms with Crippen LogP contribution in [-0.2, 0) is 5.75 Å². The molecule has 1 N–H and O–H groups in total. The van der Waals surface area contributed by atoms with E-state index in [4.69, 9.17) is 10.00 Å². The van der Waals surface area contributed by atoms with Crippen molar-refractivity contribution in [1.82, 2.24) is 14.9 Å². The molecule has 0 saturated heterocycles. The summed E-state index contributed by atoms with van der Waals surface area (Å²) >= 11 is 1.82. The van der Waals surface area contributed by atoms with Gasteiger partial charge < -0.3 is 9.30 Å². The molecule has 1 aliphatic heterocycles. The van der Waals surface area contributed by atoms with Crippen molar-refractivity contribution in [2.75, 3.05) is 0 Å². The number of nitrogens with one attached hydrogen (secondary N) is 1. The highest BCUT2D eigenvalue weighted by Gasteiger charge is 2.26. The number of ether oxygens (including phenoxy) is 1. The van der Waals surface area contributed by atoms with E-state index in [1.807, 2.05) is 72.8 Å². The summed E-state index contributed by atoms with van der Waals surface area (Å²) in [7, 11) is 0. The second-order valence-electron chi connectivity index (χ2n) is 5.57. The minimum absolute atomic E-state index is 0.155. The zero-order valence-corrected chi connectivity index (χ0v) is 14.6. The predicted molar refractivity (Wildman–Crippen MR) is 101 cm³/mol. The van der Waals surface area contributed by atoms with Crippen molar-refractivity contribution in [3.05, 3.63) is 78.4 Å². The van der Waals surface area contributed by atoms with Crippen molar-refractivity contribution in [3.8, 4) is 11.9 Å². The van der Waals surface area contributed by atoms with Crippen LogP contribution < -0.4 is 10.1 Å². The first-order valence-corrected chi connectivity index (χ1v) is 9.08. The van der Waals surface area contributed by atoms with Gasteiger partial charge in [0.1, 0.15) is 11.1 Å². The Hall–Kier alpha value is -3.24. The summed E-state index contributed by atoms with van der Waals surface area (Å²) in [6.45, 7) is 0. The fraction of sp³-hybridized carbons (Fsp3) is 0.105. The Bertz CT molecular complexity index is 963. The second kappa shape index (κ2) is 7.33. The van der Waals surface area contributed by atoms with E-state index in [1.165, 1.54) is 0 Å². The van der Waals surface area contributed by atoms with E-state index >= 15 is 0 Å². The van der Waals surface area contributed by atoms with Gasteiger partial charge in [-0.25, -0.2) is 5.32 Å². The van der Waals surface area contributed by atoms with Gasteiger partial charge in [-0.1, -0.05) is 24.3 Å². The Morgan fingerprint density at radius 3 is 2.92 bits per heavy atom. The molecule has 1 unspecified atom stereocenters. The third kappa shape index (κ3) is 3.27. The lowest BCUT2D eigenvalue weighted by molar-refractivity contribution is 0.531. The molecule has 1 atom stereocenters. The number of para-hydroxylation sites is 1. The molecule has 0 radical (unpaired) electrons. The first-order chi connectivity index (χ1) is 12.8. The van der Waals surface area contributed by atoms with Gasteiger partial charge in [0.15, 0.2) is 6.19 Å². The topological polar surface area (TPSA) is 75.2 Å². The van der Waals surface area contributed by atoms with Gasteiger partial charge >= 0.3 is 6.02 Å². The molecule has 1 aromatic carbocycles. The van der Waals surface area contributed by atoms with Crippen molar-refractivity contribution in [3.63, 3.8) is 0 Å². The Balaban J connectivity index is 1.62. The molecular weight excluding hydrogens is 346 g/mol. The largest absolute Gasteiger partial charge is 0.425 e. The molecule has 2 aromatic heterocycles. The molecule has 0 aliphatic carbocycles. The molecule has 3 heterocycles. The Morgan fingerprint density at radius 2 is 2.15 bits per heavy atom. The van der Waals surface area contributed by atoms with Crippen molar-refractivity contribution in [2.45, 2.75) is 11.1 Å². The van der Waals surface area contributed by atoms with Crippen LogP contribution in [0.4, 0.5) is 5.69 Å². The molecule has 6 nitrogen and oxygen atoms in total. The summed E-state index contributed by atoms with van der Waals surface area (Å²) in [6, 6.07) is 15.4. The number of thioether (sulfide) groups is 1. The van der Waals surface area contributed by atoms with Gasteiger partial charge in [-0.3, -0.25) is 4.98 Å². The summed E-state index contributed by atoms with van der Waals surface area (Å²) in [4.78, 5) is 8.72. The number of pyridine rings is 1. The van der Waals surface area contributed by atoms with Gasteiger partial charge in [-0.2, -0.15) is 10.3 Å². The zero-order chi connectivity index (χ0) is 17.8. The summed E-state index contributed by atoms with van der Waals surface area (Å²) in [5, 5.41) is 11.7. The van der Waals surface area contributed by atoms with Crippen molar-refractivity contribution in [1.29, 1.82) is 5.26 Å². The van der Waals surface area contributed by atoms with Gasteiger partial charge in [0.2, 0.25) is 0 Å². The number of rotatable bonds is 3. The highest BCUT2D eigenvalue weighted by Crippen LogP contribution is 2.44. The summed E-state index contributed by atoms with van der Waals surface area (Å²) in [5.74, 6) is 1.45. The number of fused-ring (bicyclic) bond motifs is 1. The molecule has 0 spiro atoms. The molecule has 3 aromatic rings. The number of hydrogen-bond donors (Lipinski definition) is 1. The van der Waals surface area contributed by atoms with Crippen LogP contribution >= 0.6 is 11.8 Å². The summed E-state index contributed by atoms with van der Waals surface area (Å²) < 4.78 is 7.88. The third-order valence-electron chi connectivity index (χ3n) is 3.94. The van der Waals surface area contributed by atoms with E-state index in [9.17, 15) is 0 Å². The fourth-order valence-electron chi connectivity index (χ4n) is 2.79. The molecule has 0 fully saturated rings. The fourth-order valence-corrected chi connectivity index (χ4v) is 4.09. The minimum Gasteiger partial charge on any atom is -0.425 e. The second-order valence-corrected chi connectivity index (χ2v) is 6.64. The predicted octanol–water partition coefficient (Wildman–Crippen LogP) is 3.81. The first kappa shape index (κ1) is 16.2. The molecular formula is C19H15N5OS. The van der Waals surface area contributed by atoms with Gasteiger partial charge in [0.05, 0.1) is 11.4 Å². The summed E-state index contributed by atoms with van der Waals surface area (Å²) in [5.41, 5.74) is 3.04. The number of hydrogen-bond acceptors (Lipinski definition) is 5. The smallest absolute Gasteiger partial charge is 0.309 e. The van der Waals surface area contributed by atoms with Crippen LogP contribution in [0.5, 0.6) is 5.75 Å².